The highest BCUT2D eigenvalue weighted by atomic mass is 16.3. The number of hydrogen-bond acceptors (Lipinski definition) is 2. The molecule has 0 N–H and O–H groups in total. The van der Waals surface area contributed by atoms with Crippen LogP contribution in [0.5, 0.6) is 0 Å². The Morgan fingerprint density at radius 3 is 1.96 bits per heavy atom. The fourth-order valence-electron chi connectivity index (χ4n) is 8.31. The lowest BCUT2D eigenvalue weighted by Gasteiger charge is -2.30. The van der Waals surface area contributed by atoms with Gasteiger partial charge in [-0.3, -0.25) is 0 Å². The molecular formula is C49H35NO. The zero-order chi connectivity index (χ0) is 34.1. The molecule has 1 heterocycles. The van der Waals surface area contributed by atoms with Gasteiger partial charge in [-0.05, 0) is 98.2 Å². The Kier molecular flexibility index (Phi) is 6.56. The predicted molar refractivity (Wildman–Crippen MR) is 214 cm³/mol. The van der Waals surface area contributed by atoms with E-state index in [9.17, 15) is 0 Å². The molecule has 0 unspecified atom stereocenters. The molecule has 2 heteroatoms. The maximum atomic E-state index is 6.23. The summed E-state index contributed by atoms with van der Waals surface area (Å²) in [6.07, 6.45) is 0. The van der Waals surface area contributed by atoms with E-state index >= 15 is 0 Å². The lowest BCUT2D eigenvalue weighted by molar-refractivity contribution is 0.660. The van der Waals surface area contributed by atoms with Gasteiger partial charge in [0.1, 0.15) is 11.2 Å². The minimum Gasteiger partial charge on any atom is -0.456 e. The fraction of sp³-hybridized carbons (Fsp3) is 0.0612. The average Bonchev–Trinajstić information content (AvgIpc) is 3.68. The Hall–Kier alpha value is -6.38. The number of benzene rings is 8. The first kappa shape index (κ1) is 29.5. The van der Waals surface area contributed by atoms with Crippen molar-refractivity contribution in [1.82, 2.24) is 0 Å². The molecule has 0 saturated heterocycles. The first-order valence-corrected chi connectivity index (χ1v) is 17.7. The van der Waals surface area contributed by atoms with Crippen LogP contribution in [0.3, 0.4) is 0 Å². The number of anilines is 3. The molecule has 0 bridgehead atoms. The summed E-state index contributed by atoms with van der Waals surface area (Å²) in [6, 6.07) is 63.7. The minimum absolute atomic E-state index is 0.0990. The van der Waals surface area contributed by atoms with Crippen LogP contribution >= 0.6 is 0 Å². The van der Waals surface area contributed by atoms with Crippen LogP contribution in [0.25, 0.3) is 66.1 Å². The third-order valence-corrected chi connectivity index (χ3v) is 10.9. The Balaban J connectivity index is 1.12. The fourth-order valence-corrected chi connectivity index (χ4v) is 8.31. The van der Waals surface area contributed by atoms with Crippen molar-refractivity contribution in [2.45, 2.75) is 19.3 Å². The Morgan fingerprint density at radius 2 is 1.10 bits per heavy atom. The first-order valence-electron chi connectivity index (χ1n) is 17.7. The molecule has 9 aromatic rings. The van der Waals surface area contributed by atoms with E-state index in [1.807, 2.05) is 12.1 Å². The van der Waals surface area contributed by atoms with E-state index in [4.69, 9.17) is 4.42 Å². The summed E-state index contributed by atoms with van der Waals surface area (Å²) in [7, 11) is 0. The quantitative estimate of drug-likeness (QED) is 0.184. The summed E-state index contributed by atoms with van der Waals surface area (Å²) in [5, 5.41) is 4.74. The number of para-hydroxylation sites is 2. The molecule has 0 spiro atoms. The summed E-state index contributed by atoms with van der Waals surface area (Å²) >= 11 is 0. The maximum Gasteiger partial charge on any atom is 0.136 e. The molecular weight excluding hydrogens is 619 g/mol. The normalized spacial score (nSPS) is 13.1. The third-order valence-electron chi connectivity index (χ3n) is 10.9. The van der Waals surface area contributed by atoms with Crippen LogP contribution in [0.1, 0.15) is 25.0 Å². The Labute approximate surface area is 297 Å². The van der Waals surface area contributed by atoms with Crippen LogP contribution in [-0.2, 0) is 5.41 Å². The molecule has 0 radical (unpaired) electrons. The highest BCUT2D eigenvalue weighted by Crippen LogP contribution is 2.51. The van der Waals surface area contributed by atoms with Gasteiger partial charge in [0.05, 0.1) is 5.69 Å². The molecule has 0 fully saturated rings. The van der Waals surface area contributed by atoms with Crippen molar-refractivity contribution in [2.24, 2.45) is 0 Å². The predicted octanol–water partition coefficient (Wildman–Crippen LogP) is 13.8. The number of fused-ring (bicyclic) bond motifs is 8. The van der Waals surface area contributed by atoms with Crippen molar-refractivity contribution in [1.29, 1.82) is 0 Å². The van der Waals surface area contributed by atoms with E-state index in [-0.39, 0.29) is 5.41 Å². The molecule has 2 nitrogen and oxygen atoms in total. The second-order valence-electron chi connectivity index (χ2n) is 14.1. The first-order chi connectivity index (χ1) is 25.0. The molecule has 8 aromatic carbocycles. The molecule has 0 aliphatic heterocycles. The molecule has 0 amide bonds. The standard InChI is InChI=1S/C49H35NO/c1-49(2)43-17-9-6-15-39(43)40-28-27-37(31-44(40)49)50(45-18-10-7-14-38(45)33-12-4-3-5-13-33)36-25-22-32(23-26-36)35-21-20-34-24-29-47-48(42(34)30-35)41-16-8-11-19-46(41)51-47/h3-31H,1-2H3. The van der Waals surface area contributed by atoms with Gasteiger partial charge in [-0.15, -0.1) is 0 Å². The molecule has 0 saturated carbocycles. The van der Waals surface area contributed by atoms with E-state index in [1.165, 1.54) is 60.7 Å². The zero-order valence-electron chi connectivity index (χ0n) is 28.6. The summed E-state index contributed by atoms with van der Waals surface area (Å²) in [5.74, 6) is 0. The monoisotopic (exact) mass is 653 g/mol. The number of hydrogen-bond donors (Lipinski definition) is 0. The second kappa shape index (κ2) is 11.3. The van der Waals surface area contributed by atoms with E-state index in [2.05, 4.69) is 183 Å². The van der Waals surface area contributed by atoms with Crippen molar-refractivity contribution < 1.29 is 4.42 Å². The van der Waals surface area contributed by atoms with E-state index in [1.54, 1.807) is 0 Å². The lowest BCUT2D eigenvalue weighted by atomic mass is 9.82. The highest BCUT2D eigenvalue weighted by Gasteiger charge is 2.35. The van der Waals surface area contributed by atoms with Crippen molar-refractivity contribution in [3.05, 3.63) is 187 Å². The maximum absolute atomic E-state index is 6.23. The van der Waals surface area contributed by atoms with Crippen LogP contribution in [0.15, 0.2) is 180 Å². The van der Waals surface area contributed by atoms with Gasteiger partial charge in [-0.1, -0.05) is 141 Å². The van der Waals surface area contributed by atoms with Crippen molar-refractivity contribution in [2.75, 3.05) is 4.90 Å². The lowest BCUT2D eigenvalue weighted by Crippen LogP contribution is -2.16. The van der Waals surface area contributed by atoms with E-state index in [0.29, 0.717) is 0 Å². The van der Waals surface area contributed by atoms with E-state index in [0.717, 1.165) is 33.6 Å². The molecule has 10 rings (SSSR count). The van der Waals surface area contributed by atoms with Gasteiger partial charge in [-0.2, -0.15) is 0 Å². The van der Waals surface area contributed by atoms with Crippen LogP contribution in [0.4, 0.5) is 17.1 Å². The topological polar surface area (TPSA) is 16.4 Å². The van der Waals surface area contributed by atoms with Crippen molar-refractivity contribution in [3.8, 4) is 33.4 Å². The van der Waals surface area contributed by atoms with Crippen molar-refractivity contribution >= 4 is 49.8 Å². The van der Waals surface area contributed by atoms with Crippen LogP contribution in [0, 0.1) is 0 Å². The molecule has 242 valence electrons. The summed E-state index contributed by atoms with van der Waals surface area (Å²) in [6.45, 7) is 4.70. The van der Waals surface area contributed by atoms with Gasteiger partial charge in [0.25, 0.3) is 0 Å². The van der Waals surface area contributed by atoms with E-state index < -0.39 is 0 Å². The molecule has 0 atom stereocenters. The molecule has 1 aromatic heterocycles. The molecule has 51 heavy (non-hydrogen) atoms. The van der Waals surface area contributed by atoms with Crippen molar-refractivity contribution in [3.63, 3.8) is 0 Å². The van der Waals surface area contributed by atoms with Gasteiger partial charge in [0.2, 0.25) is 0 Å². The number of rotatable bonds is 5. The molecule has 1 aliphatic carbocycles. The van der Waals surface area contributed by atoms with Gasteiger partial charge in [0.15, 0.2) is 0 Å². The van der Waals surface area contributed by atoms with Crippen LogP contribution in [-0.4, -0.2) is 0 Å². The van der Waals surface area contributed by atoms with Gasteiger partial charge in [0, 0.05) is 33.1 Å². The minimum atomic E-state index is -0.0990. The highest BCUT2D eigenvalue weighted by molar-refractivity contribution is 6.19. The summed E-state index contributed by atoms with van der Waals surface area (Å²) in [5.41, 5.74) is 15.3. The SMILES string of the molecule is CC1(C)c2ccccc2-c2ccc(N(c3ccc(-c4ccc5ccc6oc7ccccc7c6c5c4)cc3)c3ccccc3-c3ccccc3)cc21. The average molecular weight is 654 g/mol. The Morgan fingerprint density at radius 1 is 0.431 bits per heavy atom. The number of furan rings is 1. The van der Waals surface area contributed by atoms with Crippen LogP contribution < -0.4 is 4.90 Å². The summed E-state index contributed by atoms with van der Waals surface area (Å²) in [4.78, 5) is 2.42. The second-order valence-corrected chi connectivity index (χ2v) is 14.1. The van der Waals surface area contributed by atoms with Gasteiger partial charge >= 0.3 is 0 Å². The van der Waals surface area contributed by atoms with Crippen LogP contribution in [0.2, 0.25) is 0 Å². The zero-order valence-corrected chi connectivity index (χ0v) is 28.6. The Bertz CT molecular complexity index is 2770. The number of nitrogens with zero attached hydrogens (tertiary/aromatic N) is 1. The smallest absolute Gasteiger partial charge is 0.136 e. The largest absolute Gasteiger partial charge is 0.456 e. The molecule has 1 aliphatic rings. The van der Waals surface area contributed by atoms with Gasteiger partial charge in [-0.25, -0.2) is 0 Å². The summed E-state index contributed by atoms with van der Waals surface area (Å²) < 4.78 is 6.23. The third kappa shape index (κ3) is 4.64. The van der Waals surface area contributed by atoms with Gasteiger partial charge < -0.3 is 9.32 Å².